The van der Waals surface area contributed by atoms with Crippen LogP contribution in [0.1, 0.15) is 26.0 Å². The first-order valence-corrected chi connectivity index (χ1v) is 6.96. The molecule has 0 aliphatic carbocycles. The van der Waals surface area contributed by atoms with E-state index in [1.54, 1.807) is 12.6 Å². The van der Waals surface area contributed by atoms with Crippen LogP contribution in [0.4, 0.5) is 4.79 Å². The standard InChI is InChI=1S/C12H19N3O3S/c1-8(2)4-10(11(16)17)14-12(18)15(3)5-9-6-19-7-13-9/h6-8,10H,4-5H2,1-3H3,(H,14,18)(H,16,17). The first-order valence-electron chi connectivity index (χ1n) is 6.01. The van der Waals surface area contributed by atoms with Crippen LogP contribution in [-0.2, 0) is 11.3 Å². The van der Waals surface area contributed by atoms with Gasteiger partial charge < -0.3 is 15.3 Å². The Bertz CT molecular complexity index is 420. The van der Waals surface area contributed by atoms with Crippen LogP contribution in [0, 0.1) is 5.92 Å². The minimum Gasteiger partial charge on any atom is -0.480 e. The summed E-state index contributed by atoms with van der Waals surface area (Å²) in [7, 11) is 1.61. The van der Waals surface area contributed by atoms with Gasteiger partial charge in [0.25, 0.3) is 0 Å². The van der Waals surface area contributed by atoms with E-state index >= 15 is 0 Å². The molecule has 2 amide bonds. The van der Waals surface area contributed by atoms with Gasteiger partial charge in [0, 0.05) is 12.4 Å². The van der Waals surface area contributed by atoms with Crippen LogP contribution < -0.4 is 5.32 Å². The van der Waals surface area contributed by atoms with Crippen molar-refractivity contribution in [1.29, 1.82) is 0 Å². The summed E-state index contributed by atoms with van der Waals surface area (Å²) in [5, 5.41) is 13.4. The molecule has 0 aliphatic rings. The molecule has 0 bridgehead atoms. The number of carbonyl (C=O) groups is 2. The molecule has 1 aromatic heterocycles. The lowest BCUT2D eigenvalue weighted by molar-refractivity contribution is -0.139. The number of urea groups is 1. The molecule has 0 aromatic carbocycles. The van der Waals surface area contributed by atoms with Crippen LogP contribution in [0.25, 0.3) is 0 Å². The molecule has 106 valence electrons. The first-order chi connectivity index (χ1) is 8.90. The number of amides is 2. The Morgan fingerprint density at radius 1 is 1.53 bits per heavy atom. The van der Waals surface area contributed by atoms with E-state index in [1.807, 2.05) is 19.2 Å². The molecule has 0 spiro atoms. The molecule has 6 nitrogen and oxygen atoms in total. The summed E-state index contributed by atoms with van der Waals surface area (Å²) in [6, 6.07) is -1.26. The maximum Gasteiger partial charge on any atom is 0.326 e. The van der Waals surface area contributed by atoms with E-state index in [9.17, 15) is 9.59 Å². The Labute approximate surface area is 116 Å². The quantitative estimate of drug-likeness (QED) is 0.834. The maximum absolute atomic E-state index is 11.9. The Morgan fingerprint density at radius 3 is 2.68 bits per heavy atom. The highest BCUT2D eigenvalue weighted by atomic mass is 32.1. The van der Waals surface area contributed by atoms with Crippen LogP contribution in [0.15, 0.2) is 10.9 Å². The molecular weight excluding hydrogens is 266 g/mol. The van der Waals surface area contributed by atoms with Gasteiger partial charge in [-0.05, 0) is 12.3 Å². The Balaban J connectivity index is 2.53. The number of nitrogens with one attached hydrogen (secondary N) is 1. The number of rotatable bonds is 6. The Kier molecular flexibility index (Phi) is 5.75. The molecule has 0 radical (unpaired) electrons. The van der Waals surface area contributed by atoms with Gasteiger partial charge in [0.15, 0.2) is 0 Å². The van der Waals surface area contributed by atoms with Gasteiger partial charge in [-0.15, -0.1) is 11.3 Å². The fourth-order valence-electron chi connectivity index (χ4n) is 1.58. The van der Waals surface area contributed by atoms with Crippen LogP contribution in [0.3, 0.4) is 0 Å². The third-order valence-corrected chi connectivity index (χ3v) is 3.17. The van der Waals surface area contributed by atoms with Gasteiger partial charge in [0.2, 0.25) is 0 Å². The first kappa shape index (κ1) is 15.4. The van der Waals surface area contributed by atoms with Crippen molar-refractivity contribution in [2.24, 2.45) is 5.92 Å². The topological polar surface area (TPSA) is 82.5 Å². The monoisotopic (exact) mass is 285 g/mol. The number of hydrogen-bond donors (Lipinski definition) is 2. The third-order valence-electron chi connectivity index (χ3n) is 2.53. The minimum atomic E-state index is -1.01. The van der Waals surface area contributed by atoms with Gasteiger partial charge in [-0.2, -0.15) is 0 Å². The van der Waals surface area contributed by atoms with Crippen molar-refractivity contribution in [3.63, 3.8) is 0 Å². The zero-order valence-corrected chi connectivity index (χ0v) is 12.1. The number of carbonyl (C=O) groups excluding carboxylic acids is 1. The fourth-order valence-corrected chi connectivity index (χ4v) is 2.13. The summed E-state index contributed by atoms with van der Waals surface area (Å²) in [5.41, 5.74) is 2.48. The molecule has 1 unspecified atom stereocenters. The summed E-state index contributed by atoms with van der Waals surface area (Å²) >= 11 is 1.46. The number of hydrogen-bond acceptors (Lipinski definition) is 4. The number of carboxylic acid groups (broad SMARTS) is 1. The second kappa shape index (κ2) is 7.08. The largest absolute Gasteiger partial charge is 0.480 e. The van der Waals surface area contributed by atoms with Gasteiger partial charge in [0.05, 0.1) is 17.7 Å². The van der Waals surface area contributed by atoms with E-state index in [1.165, 1.54) is 16.2 Å². The zero-order chi connectivity index (χ0) is 14.4. The molecule has 0 saturated carbocycles. The normalized spacial score (nSPS) is 12.2. The highest BCUT2D eigenvalue weighted by Crippen LogP contribution is 2.07. The summed E-state index contributed by atoms with van der Waals surface area (Å²) < 4.78 is 0. The lowest BCUT2D eigenvalue weighted by atomic mass is 10.0. The zero-order valence-electron chi connectivity index (χ0n) is 11.3. The Morgan fingerprint density at radius 2 is 2.21 bits per heavy atom. The van der Waals surface area contributed by atoms with Crippen molar-refractivity contribution < 1.29 is 14.7 Å². The summed E-state index contributed by atoms with van der Waals surface area (Å²) in [6.07, 6.45) is 0.408. The SMILES string of the molecule is CC(C)CC(NC(=O)N(C)Cc1cscn1)C(=O)O. The molecule has 2 N–H and O–H groups in total. The molecular formula is C12H19N3O3S. The second-order valence-electron chi connectivity index (χ2n) is 4.81. The van der Waals surface area contributed by atoms with Gasteiger partial charge in [-0.1, -0.05) is 13.8 Å². The molecule has 0 saturated heterocycles. The van der Waals surface area contributed by atoms with E-state index < -0.39 is 18.0 Å². The molecule has 0 aliphatic heterocycles. The maximum atomic E-state index is 11.9. The van der Waals surface area contributed by atoms with E-state index in [0.29, 0.717) is 13.0 Å². The number of carboxylic acids is 1. The minimum absolute atomic E-state index is 0.199. The summed E-state index contributed by atoms with van der Waals surface area (Å²) in [5.74, 6) is -0.811. The molecule has 19 heavy (non-hydrogen) atoms. The molecule has 1 heterocycles. The van der Waals surface area contributed by atoms with Crippen molar-refractivity contribution in [2.75, 3.05) is 7.05 Å². The number of nitrogens with zero attached hydrogens (tertiary/aromatic N) is 2. The average Bonchev–Trinajstić information content (AvgIpc) is 2.79. The van der Waals surface area contributed by atoms with Crippen LogP contribution in [0.5, 0.6) is 0 Å². The second-order valence-corrected chi connectivity index (χ2v) is 5.52. The van der Waals surface area contributed by atoms with E-state index in [-0.39, 0.29) is 5.92 Å². The van der Waals surface area contributed by atoms with Crippen molar-refractivity contribution in [2.45, 2.75) is 32.9 Å². The van der Waals surface area contributed by atoms with Gasteiger partial charge in [-0.25, -0.2) is 14.6 Å². The van der Waals surface area contributed by atoms with Crippen molar-refractivity contribution >= 4 is 23.3 Å². The predicted molar refractivity (Wildman–Crippen MR) is 73.0 cm³/mol. The van der Waals surface area contributed by atoms with Crippen LogP contribution in [0.2, 0.25) is 0 Å². The van der Waals surface area contributed by atoms with Crippen molar-refractivity contribution in [3.8, 4) is 0 Å². The lowest BCUT2D eigenvalue weighted by Crippen LogP contribution is -2.47. The van der Waals surface area contributed by atoms with Gasteiger partial charge >= 0.3 is 12.0 Å². The van der Waals surface area contributed by atoms with Gasteiger partial charge in [-0.3, -0.25) is 0 Å². The molecule has 1 atom stereocenters. The summed E-state index contributed by atoms with van der Waals surface area (Å²) in [6.45, 7) is 4.20. The van der Waals surface area contributed by atoms with Crippen LogP contribution >= 0.6 is 11.3 Å². The highest BCUT2D eigenvalue weighted by molar-refractivity contribution is 7.07. The van der Waals surface area contributed by atoms with Crippen molar-refractivity contribution in [1.82, 2.24) is 15.2 Å². The number of thiazole rings is 1. The fraction of sp³-hybridized carbons (Fsp3) is 0.583. The van der Waals surface area contributed by atoms with Gasteiger partial charge in [0.1, 0.15) is 6.04 Å². The molecule has 0 fully saturated rings. The predicted octanol–water partition coefficient (Wildman–Crippen LogP) is 1.78. The molecule has 1 rings (SSSR count). The summed E-state index contributed by atoms with van der Waals surface area (Å²) in [4.78, 5) is 28.5. The van der Waals surface area contributed by atoms with E-state index in [2.05, 4.69) is 10.3 Å². The molecule has 1 aromatic rings. The van der Waals surface area contributed by atoms with Crippen LogP contribution in [-0.4, -0.2) is 40.1 Å². The smallest absolute Gasteiger partial charge is 0.326 e. The average molecular weight is 285 g/mol. The lowest BCUT2D eigenvalue weighted by Gasteiger charge is -2.21. The number of aliphatic carboxylic acids is 1. The number of aromatic nitrogens is 1. The van der Waals surface area contributed by atoms with E-state index in [4.69, 9.17) is 5.11 Å². The molecule has 7 heteroatoms. The third kappa shape index (κ3) is 5.25. The van der Waals surface area contributed by atoms with Crippen molar-refractivity contribution in [3.05, 3.63) is 16.6 Å². The van der Waals surface area contributed by atoms with E-state index in [0.717, 1.165) is 5.69 Å². The Hall–Kier alpha value is -1.63. The highest BCUT2D eigenvalue weighted by Gasteiger charge is 2.22.